The molecule has 0 unspecified atom stereocenters. The topological polar surface area (TPSA) is 122 Å². The quantitative estimate of drug-likeness (QED) is 0.314. The highest BCUT2D eigenvalue weighted by molar-refractivity contribution is 7.89. The molecule has 2 heterocycles. The van der Waals surface area contributed by atoms with E-state index in [4.69, 9.17) is 23.2 Å². The monoisotopic (exact) mass is 556 g/mol. The molecule has 2 aromatic carbocycles. The van der Waals surface area contributed by atoms with Crippen LogP contribution in [0.3, 0.4) is 0 Å². The van der Waals surface area contributed by atoms with E-state index in [-0.39, 0.29) is 16.5 Å². The molecule has 0 bridgehead atoms. The first kappa shape index (κ1) is 25.7. The lowest BCUT2D eigenvalue weighted by Gasteiger charge is -2.34. The van der Waals surface area contributed by atoms with Gasteiger partial charge >= 0.3 is 0 Å². The SMILES string of the molecule is O=[N+]([O-])c1cc(S(=O)(=O)NCCN2CCN(c3nc(Cc4ccc(Cl)cc4)ns3)CC2)ccc1Cl. The van der Waals surface area contributed by atoms with Gasteiger partial charge in [-0.25, -0.2) is 18.1 Å². The molecule has 0 saturated carbocycles. The molecule has 1 fully saturated rings. The number of halogens is 2. The Morgan fingerprint density at radius 2 is 1.80 bits per heavy atom. The zero-order valence-electron chi connectivity index (χ0n) is 18.4. The van der Waals surface area contributed by atoms with E-state index in [1.807, 2.05) is 24.3 Å². The van der Waals surface area contributed by atoms with Gasteiger partial charge in [-0.3, -0.25) is 15.0 Å². The number of rotatable bonds is 9. The average Bonchev–Trinajstić information content (AvgIpc) is 3.29. The number of nitro groups is 1. The van der Waals surface area contributed by atoms with Crippen LogP contribution in [0.15, 0.2) is 47.4 Å². The summed E-state index contributed by atoms with van der Waals surface area (Å²) in [5.74, 6) is 0.770. The molecule has 0 radical (unpaired) electrons. The second kappa shape index (κ2) is 11.1. The fourth-order valence-electron chi connectivity index (χ4n) is 3.61. The predicted octanol–water partition coefficient (Wildman–Crippen LogP) is 3.44. The molecule has 3 aromatic rings. The molecule has 4 rings (SSSR count). The highest BCUT2D eigenvalue weighted by Crippen LogP contribution is 2.27. The molecule has 10 nitrogen and oxygen atoms in total. The normalized spacial score (nSPS) is 14.9. The molecule has 0 atom stereocenters. The summed E-state index contributed by atoms with van der Waals surface area (Å²) < 4.78 is 32.0. The van der Waals surface area contributed by atoms with E-state index < -0.39 is 20.6 Å². The highest BCUT2D eigenvalue weighted by atomic mass is 35.5. The summed E-state index contributed by atoms with van der Waals surface area (Å²) in [6.45, 7) is 3.71. The molecule has 35 heavy (non-hydrogen) atoms. The zero-order chi connectivity index (χ0) is 25.0. The van der Waals surface area contributed by atoms with E-state index in [1.165, 1.54) is 23.7 Å². The lowest BCUT2D eigenvalue weighted by atomic mass is 10.1. The summed E-state index contributed by atoms with van der Waals surface area (Å²) in [4.78, 5) is 19.1. The molecule has 1 N–H and O–H groups in total. The molecular formula is C21H22Cl2N6O4S2. The van der Waals surface area contributed by atoms with Crippen molar-refractivity contribution in [1.82, 2.24) is 19.0 Å². The van der Waals surface area contributed by atoms with Crippen molar-refractivity contribution in [2.24, 2.45) is 0 Å². The van der Waals surface area contributed by atoms with Crippen molar-refractivity contribution in [3.05, 3.63) is 74.0 Å². The van der Waals surface area contributed by atoms with Crippen molar-refractivity contribution >= 4 is 55.6 Å². The lowest BCUT2D eigenvalue weighted by Crippen LogP contribution is -2.48. The minimum absolute atomic E-state index is 0.112. The van der Waals surface area contributed by atoms with Crippen LogP contribution in [0.1, 0.15) is 11.4 Å². The van der Waals surface area contributed by atoms with Gasteiger partial charge in [0, 0.05) is 68.3 Å². The van der Waals surface area contributed by atoms with Gasteiger partial charge in [-0.05, 0) is 29.8 Å². The van der Waals surface area contributed by atoms with Crippen molar-refractivity contribution in [3.63, 3.8) is 0 Å². The van der Waals surface area contributed by atoms with Crippen LogP contribution in [-0.2, 0) is 16.4 Å². The van der Waals surface area contributed by atoms with Gasteiger partial charge < -0.3 is 4.90 Å². The van der Waals surface area contributed by atoms with Gasteiger partial charge in [0.15, 0.2) is 0 Å². The molecule has 0 spiro atoms. The first-order valence-corrected chi connectivity index (χ1v) is 13.7. The number of benzene rings is 2. The van der Waals surface area contributed by atoms with E-state index in [0.29, 0.717) is 18.0 Å². The molecule has 1 saturated heterocycles. The molecule has 1 aliphatic heterocycles. The highest BCUT2D eigenvalue weighted by Gasteiger charge is 2.23. The molecule has 0 aliphatic carbocycles. The van der Waals surface area contributed by atoms with Gasteiger partial charge in [0.1, 0.15) is 10.8 Å². The van der Waals surface area contributed by atoms with Gasteiger partial charge in [0.25, 0.3) is 5.69 Å². The van der Waals surface area contributed by atoms with Crippen LogP contribution >= 0.6 is 34.7 Å². The smallest absolute Gasteiger partial charge is 0.289 e. The summed E-state index contributed by atoms with van der Waals surface area (Å²) in [7, 11) is -3.89. The summed E-state index contributed by atoms with van der Waals surface area (Å²) in [5, 5.41) is 12.5. The van der Waals surface area contributed by atoms with Crippen LogP contribution in [0.2, 0.25) is 10.0 Å². The van der Waals surface area contributed by atoms with E-state index >= 15 is 0 Å². The molecular weight excluding hydrogens is 535 g/mol. The number of anilines is 1. The number of nitro benzene ring substituents is 1. The van der Waals surface area contributed by atoms with Gasteiger partial charge in [-0.1, -0.05) is 35.3 Å². The van der Waals surface area contributed by atoms with Crippen molar-refractivity contribution in [3.8, 4) is 0 Å². The maximum absolute atomic E-state index is 12.5. The van der Waals surface area contributed by atoms with Crippen molar-refractivity contribution in [2.45, 2.75) is 11.3 Å². The average molecular weight is 557 g/mol. The molecule has 1 aliphatic rings. The fraction of sp³-hybridized carbons (Fsp3) is 0.333. The van der Waals surface area contributed by atoms with Gasteiger partial charge in [0.2, 0.25) is 15.2 Å². The second-order valence-corrected chi connectivity index (χ2v) is 11.2. The molecule has 1 aromatic heterocycles. The number of sulfonamides is 1. The Labute approximate surface area is 216 Å². The van der Waals surface area contributed by atoms with E-state index in [2.05, 4.69) is 23.9 Å². The third-order valence-electron chi connectivity index (χ3n) is 5.52. The van der Waals surface area contributed by atoms with Gasteiger partial charge in [0.05, 0.1) is 9.82 Å². The van der Waals surface area contributed by atoms with Crippen LogP contribution in [-0.4, -0.2) is 66.9 Å². The summed E-state index contributed by atoms with van der Waals surface area (Å²) >= 11 is 13.1. The Balaban J connectivity index is 1.25. The summed E-state index contributed by atoms with van der Waals surface area (Å²) in [5.41, 5.74) is 0.651. The number of piperazine rings is 1. The van der Waals surface area contributed by atoms with Gasteiger partial charge in [-0.2, -0.15) is 4.37 Å². The van der Waals surface area contributed by atoms with E-state index in [9.17, 15) is 18.5 Å². The first-order valence-electron chi connectivity index (χ1n) is 10.7. The third-order valence-corrected chi connectivity index (χ3v) is 8.37. The standard InChI is InChI=1S/C21H22Cl2N6O4S2/c22-16-3-1-15(2-4-16)13-20-25-21(34-26-20)28-11-9-27(10-12-28)8-7-24-35(32,33)17-5-6-18(23)19(14-17)29(30)31/h1-6,14,24H,7-13H2. The van der Waals surface area contributed by atoms with Crippen LogP contribution < -0.4 is 9.62 Å². The largest absolute Gasteiger partial charge is 0.344 e. The fourth-order valence-corrected chi connectivity index (χ4v) is 5.70. The number of hydrogen-bond acceptors (Lipinski definition) is 9. The number of hydrogen-bond donors (Lipinski definition) is 1. The van der Waals surface area contributed by atoms with E-state index in [0.717, 1.165) is 48.8 Å². The van der Waals surface area contributed by atoms with E-state index in [1.54, 1.807) is 0 Å². The maximum Gasteiger partial charge on any atom is 0.289 e. The Morgan fingerprint density at radius 3 is 2.49 bits per heavy atom. The molecule has 186 valence electrons. The molecule has 14 heteroatoms. The Hall–Kier alpha value is -2.35. The molecule has 0 amide bonds. The van der Waals surface area contributed by atoms with Crippen molar-refractivity contribution < 1.29 is 13.3 Å². The first-order chi connectivity index (χ1) is 16.7. The number of aromatic nitrogens is 2. The Kier molecular flexibility index (Phi) is 8.19. The third kappa shape index (κ3) is 6.66. The minimum atomic E-state index is -3.89. The van der Waals surface area contributed by atoms with Gasteiger partial charge in [-0.15, -0.1) is 0 Å². The van der Waals surface area contributed by atoms with Crippen LogP contribution in [0.25, 0.3) is 0 Å². The Bertz CT molecular complexity index is 1300. The number of nitrogens with zero attached hydrogens (tertiary/aromatic N) is 5. The number of nitrogens with one attached hydrogen (secondary N) is 1. The zero-order valence-corrected chi connectivity index (χ0v) is 21.6. The lowest BCUT2D eigenvalue weighted by molar-refractivity contribution is -0.384. The van der Waals surface area contributed by atoms with Crippen LogP contribution in [0.4, 0.5) is 10.8 Å². The van der Waals surface area contributed by atoms with Crippen LogP contribution in [0, 0.1) is 10.1 Å². The van der Waals surface area contributed by atoms with Crippen molar-refractivity contribution in [2.75, 3.05) is 44.2 Å². The van der Waals surface area contributed by atoms with Crippen LogP contribution in [0.5, 0.6) is 0 Å². The summed E-state index contributed by atoms with van der Waals surface area (Å²) in [6.07, 6.45) is 0.643. The Morgan fingerprint density at radius 1 is 1.09 bits per heavy atom. The summed E-state index contributed by atoms with van der Waals surface area (Å²) in [6, 6.07) is 11.0. The maximum atomic E-state index is 12.5. The minimum Gasteiger partial charge on any atom is -0.344 e. The van der Waals surface area contributed by atoms with Crippen molar-refractivity contribution in [1.29, 1.82) is 0 Å². The predicted molar refractivity (Wildman–Crippen MR) is 136 cm³/mol. The second-order valence-electron chi connectivity index (χ2n) is 7.89.